The molecule has 2 aromatic carbocycles. The third-order valence-electron chi connectivity index (χ3n) is 3.97. The van der Waals surface area contributed by atoms with Crippen molar-refractivity contribution in [3.63, 3.8) is 0 Å². The average molecular weight is 355 g/mol. The Balaban J connectivity index is 1.62. The molecule has 1 heterocycles. The molecule has 0 bridgehead atoms. The molecule has 0 aliphatic heterocycles. The number of benzene rings is 2. The Hall–Kier alpha value is -2.40. The van der Waals surface area contributed by atoms with Crippen molar-refractivity contribution in [2.45, 2.75) is 30.0 Å². The highest BCUT2D eigenvalue weighted by Gasteiger charge is 2.28. The van der Waals surface area contributed by atoms with E-state index >= 15 is 0 Å². The number of ether oxygens (including phenoxy) is 1. The Kier molecular flexibility index (Phi) is 5.04. The van der Waals surface area contributed by atoms with E-state index in [1.165, 1.54) is 22.7 Å². The lowest BCUT2D eigenvalue weighted by Crippen LogP contribution is -2.26. The lowest BCUT2D eigenvalue weighted by atomic mass is 10.2. The summed E-state index contributed by atoms with van der Waals surface area (Å²) in [5, 5.41) is 10.5. The zero-order chi connectivity index (χ0) is 17.9. The molecule has 5 heteroatoms. The molecule has 130 valence electrons. The van der Waals surface area contributed by atoms with E-state index in [4.69, 9.17) is 4.74 Å². The number of carboxylic acid groups (broad SMARTS) is 1. The van der Waals surface area contributed by atoms with Crippen LogP contribution >= 0.6 is 11.8 Å². The first kappa shape index (κ1) is 17.4. The molecule has 0 atom stereocenters. The van der Waals surface area contributed by atoms with Gasteiger partial charge in [-0.15, -0.1) is 11.8 Å². The standard InChI is InChI=1S/C20H21NO3S/c1-20(2,19(22)23)25-17-8-5-7-16(14-17)24-13-12-21-11-10-15-6-3-4-9-18(15)21/h3-11,14H,12-13H2,1-2H3,(H,22,23). The third kappa shape index (κ3) is 4.17. The molecule has 0 aliphatic rings. The van der Waals surface area contributed by atoms with E-state index in [1.54, 1.807) is 13.8 Å². The second-order valence-electron chi connectivity index (χ2n) is 6.31. The summed E-state index contributed by atoms with van der Waals surface area (Å²) in [6.45, 7) is 4.70. The Labute approximate surface area is 151 Å². The van der Waals surface area contributed by atoms with Gasteiger partial charge in [-0.2, -0.15) is 0 Å². The maximum absolute atomic E-state index is 11.3. The van der Waals surface area contributed by atoms with Gasteiger partial charge >= 0.3 is 5.97 Å². The second kappa shape index (κ2) is 7.23. The molecular weight excluding hydrogens is 334 g/mol. The fourth-order valence-electron chi connectivity index (χ4n) is 2.56. The van der Waals surface area contributed by atoms with E-state index in [9.17, 15) is 9.90 Å². The van der Waals surface area contributed by atoms with Gasteiger partial charge in [0.15, 0.2) is 0 Å². The van der Waals surface area contributed by atoms with E-state index in [0.717, 1.165) is 17.2 Å². The maximum atomic E-state index is 11.3. The number of hydrogen-bond donors (Lipinski definition) is 1. The highest BCUT2D eigenvalue weighted by Crippen LogP contribution is 2.34. The summed E-state index contributed by atoms with van der Waals surface area (Å²) in [7, 11) is 0. The van der Waals surface area contributed by atoms with Gasteiger partial charge in [-0.25, -0.2) is 0 Å². The molecule has 1 N–H and O–H groups in total. The van der Waals surface area contributed by atoms with Crippen molar-refractivity contribution in [1.29, 1.82) is 0 Å². The van der Waals surface area contributed by atoms with Gasteiger partial charge in [-0.1, -0.05) is 24.3 Å². The van der Waals surface area contributed by atoms with Crippen molar-refractivity contribution in [2.75, 3.05) is 6.61 Å². The summed E-state index contributed by atoms with van der Waals surface area (Å²) in [6.07, 6.45) is 2.07. The van der Waals surface area contributed by atoms with Crippen LogP contribution in [0.2, 0.25) is 0 Å². The van der Waals surface area contributed by atoms with Gasteiger partial charge in [0.1, 0.15) is 17.1 Å². The molecule has 0 spiro atoms. The molecule has 4 nitrogen and oxygen atoms in total. The Bertz CT molecular complexity index is 885. The molecule has 0 saturated carbocycles. The topological polar surface area (TPSA) is 51.5 Å². The number of para-hydroxylation sites is 1. The minimum atomic E-state index is -0.872. The number of rotatable bonds is 7. The van der Waals surface area contributed by atoms with Crippen LogP contribution in [0.5, 0.6) is 5.75 Å². The van der Waals surface area contributed by atoms with Crippen LogP contribution in [-0.4, -0.2) is 27.0 Å². The normalized spacial score (nSPS) is 11.6. The van der Waals surface area contributed by atoms with Crippen molar-refractivity contribution in [3.05, 3.63) is 60.8 Å². The SMILES string of the molecule is CC(C)(Sc1cccc(OCCn2ccc3ccccc32)c1)C(=O)O. The van der Waals surface area contributed by atoms with Gasteiger partial charge in [-0.05, 0) is 49.6 Å². The van der Waals surface area contributed by atoms with Crippen molar-refractivity contribution >= 4 is 28.6 Å². The first-order valence-electron chi connectivity index (χ1n) is 8.15. The number of carbonyl (C=O) groups is 1. The maximum Gasteiger partial charge on any atom is 0.319 e. The molecule has 3 rings (SSSR count). The van der Waals surface area contributed by atoms with Crippen molar-refractivity contribution in [3.8, 4) is 5.75 Å². The van der Waals surface area contributed by atoms with Gasteiger partial charge in [0.25, 0.3) is 0 Å². The lowest BCUT2D eigenvalue weighted by Gasteiger charge is -2.18. The summed E-state index contributed by atoms with van der Waals surface area (Å²) < 4.78 is 7.16. The number of nitrogens with zero attached hydrogens (tertiary/aromatic N) is 1. The summed E-state index contributed by atoms with van der Waals surface area (Å²) in [4.78, 5) is 12.2. The molecule has 0 aliphatic carbocycles. The van der Waals surface area contributed by atoms with Crippen LogP contribution < -0.4 is 4.74 Å². The summed E-state index contributed by atoms with van der Waals surface area (Å²) in [5.41, 5.74) is 1.19. The van der Waals surface area contributed by atoms with Crippen molar-refractivity contribution in [2.24, 2.45) is 0 Å². The fraction of sp³-hybridized carbons (Fsp3) is 0.250. The number of hydrogen-bond acceptors (Lipinski definition) is 3. The Morgan fingerprint density at radius 1 is 1.16 bits per heavy atom. The van der Waals surface area contributed by atoms with Crippen LogP contribution in [0.1, 0.15) is 13.8 Å². The van der Waals surface area contributed by atoms with Crippen LogP contribution in [-0.2, 0) is 11.3 Å². The van der Waals surface area contributed by atoms with Crippen LogP contribution in [0.15, 0.2) is 65.7 Å². The summed E-state index contributed by atoms with van der Waals surface area (Å²) >= 11 is 1.32. The number of aliphatic carboxylic acids is 1. The quantitative estimate of drug-likeness (QED) is 0.626. The number of aromatic nitrogens is 1. The van der Waals surface area contributed by atoms with Gasteiger partial charge in [0, 0.05) is 16.6 Å². The van der Waals surface area contributed by atoms with Crippen LogP contribution in [0.4, 0.5) is 0 Å². The van der Waals surface area contributed by atoms with E-state index in [-0.39, 0.29) is 0 Å². The van der Waals surface area contributed by atoms with E-state index < -0.39 is 10.7 Å². The minimum absolute atomic E-state index is 0.551. The third-order valence-corrected chi connectivity index (χ3v) is 5.15. The lowest BCUT2D eigenvalue weighted by molar-refractivity contribution is -0.138. The zero-order valence-electron chi connectivity index (χ0n) is 14.3. The smallest absolute Gasteiger partial charge is 0.319 e. The van der Waals surface area contributed by atoms with Gasteiger partial charge in [0.2, 0.25) is 0 Å². The summed E-state index contributed by atoms with van der Waals surface area (Å²) in [6, 6.07) is 17.9. The molecule has 3 aromatic rings. The first-order valence-corrected chi connectivity index (χ1v) is 8.96. The minimum Gasteiger partial charge on any atom is -0.492 e. The predicted octanol–water partition coefficient (Wildman–Crippen LogP) is 4.68. The monoisotopic (exact) mass is 355 g/mol. The molecule has 1 aromatic heterocycles. The number of fused-ring (bicyclic) bond motifs is 1. The molecule has 0 unspecified atom stereocenters. The van der Waals surface area contributed by atoms with Crippen LogP contribution in [0.25, 0.3) is 10.9 Å². The van der Waals surface area contributed by atoms with Crippen molar-refractivity contribution in [1.82, 2.24) is 4.57 Å². The number of thioether (sulfide) groups is 1. The molecule has 0 saturated heterocycles. The zero-order valence-corrected chi connectivity index (χ0v) is 15.1. The van der Waals surface area contributed by atoms with Gasteiger partial charge in [0.05, 0.1) is 6.54 Å². The largest absolute Gasteiger partial charge is 0.492 e. The van der Waals surface area contributed by atoms with Crippen molar-refractivity contribution < 1.29 is 14.6 Å². The second-order valence-corrected chi connectivity index (χ2v) is 8.00. The van der Waals surface area contributed by atoms with Gasteiger partial charge < -0.3 is 14.4 Å². The molecule has 0 fully saturated rings. The number of carboxylic acids is 1. The van der Waals surface area contributed by atoms with E-state index in [1.807, 2.05) is 36.4 Å². The Morgan fingerprint density at radius 3 is 2.76 bits per heavy atom. The van der Waals surface area contributed by atoms with Crippen LogP contribution in [0.3, 0.4) is 0 Å². The molecular formula is C20H21NO3S. The molecule has 0 amide bonds. The van der Waals surface area contributed by atoms with Gasteiger partial charge in [-0.3, -0.25) is 4.79 Å². The molecule has 25 heavy (non-hydrogen) atoms. The first-order chi connectivity index (χ1) is 12.0. The Morgan fingerprint density at radius 2 is 1.96 bits per heavy atom. The van der Waals surface area contributed by atoms with Crippen LogP contribution in [0, 0.1) is 0 Å². The predicted molar refractivity (Wildman–Crippen MR) is 101 cm³/mol. The average Bonchev–Trinajstić information content (AvgIpc) is 2.98. The summed E-state index contributed by atoms with van der Waals surface area (Å²) in [5.74, 6) is -0.0778. The molecule has 0 radical (unpaired) electrons. The van der Waals surface area contributed by atoms with E-state index in [0.29, 0.717) is 6.61 Å². The highest BCUT2D eigenvalue weighted by molar-refractivity contribution is 8.01. The highest BCUT2D eigenvalue weighted by atomic mass is 32.2. The fourth-order valence-corrected chi connectivity index (χ4v) is 3.56. The van der Waals surface area contributed by atoms with E-state index in [2.05, 4.69) is 29.0 Å².